The molecule has 1 atom stereocenters. The topological polar surface area (TPSA) is 48.5 Å². The molecule has 1 aromatic carbocycles. The minimum atomic E-state index is -0.311. The molecule has 0 bridgehead atoms. The van der Waals surface area contributed by atoms with Gasteiger partial charge in [0.15, 0.2) is 5.82 Å². The second kappa shape index (κ2) is 4.86. The van der Waals surface area contributed by atoms with Crippen LogP contribution in [0.3, 0.4) is 0 Å². The van der Waals surface area contributed by atoms with Crippen LogP contribution in [-0.2, 0) is 13.6 Å². The molecule has 0 radical (unpaired) electrons. The number of aryl methyl sites for hydroxylation is 1. The molecule has 104 valence electrons. The minimum Gasteiger partial charge on any atom is -0.319 e. The van der Waals surface area contributed by atoms with Crippen molar-refractivity contribution in [2.75, 3.05) is 0 Å². The molecule has 2 heterocycles. The molecule has 3 rings (SSSR count). The molecule has 20 heavy (non-hydrogen) atoms. The monoisotopic (exact) mass is 293 g/mol. The molecular weight excluding hydrogens is 281 g/mol. The highest BCUT2D eigenvalue weighted by Crippen LogP contribution is 2.25. The van der Waals surface area contributed by atoms with Crippen LogP contribution in [0.2, 0.25) is 0 Å². The fourth-order valence-electron chi connectivity index (χ4n) is 2.18. The van der Waals surface area contributed by atoms with Gasteiger partial charge in [-0.25, -0.2) is 9.37 Å². The minimum absolute atomic E-state index is 0.279. The highest BCUT2D eigenvalue weighted by molar-refractivity contribution is 6.20. The number of alkyl halides is 1. The van der Waals surface area contributed by atoms with Gasteiger partial charge in [0.1, 0.15) is 18.0 Å². The Morgan fingerprint density at radius 2 is 2.20 bits per heavy atom. The number of hydrogen-bond donors (Lipinski definition) is 0. The summed E-state index contributed by atoms with van der Waals surface area (Å²) in [5.74, 6) is 1.16. The molecule has 0 saturated heterocycles. The van der Waals surface area contributed by atoms with E-state index in [1.807, 2.05) is 23.1 Å². The van der Waals surface area contributed by atoms with Crippen LogP contribution in [0, 0.1) is 5.82 Å². The fraction of sp³-hybridized carbons (Fsp3) is 0.308. The summed E-state index contributed by atoms with van der Waals surface area (Å²) in [6.07, 6.45) is 1.64. The molecule has 2 aromatic heterocycles. The first kappa shape index (κ1) is 13.1. The summed E-state index contributed by atoms with van der Waals surface area (Å²) in [5, 5.41) is 7.64. The number of nitrogens with zero attached hydrogens (tertiary/aromatic N) is 5. The molecule has 0 saturated carbocycles. The third kappa shape index (κ3) is 2.16. The molecule has 7 heteroatoms. The Kier molecular flexibility index (Phi) is 3.17. The highest BCUT2D eigenvalue weighted by atomic mass is 35.5. The van der Waals surface area contributed by atoms with Gasteiger partial charge < -0.3 is 9.13 Å². The summed E-state index contributed by atoms with van der Waals surface area (Å²) >= 11 is 6.18. The van der Waals surface area contributed by atoms with Crippen LogP contribution in [-0.4, -0.2) is 24.3 Å². The Morgan fingerprint density at radius 3 is 2.85 bits per heavy atom. The van der Waals surface area contributed by atoms with E-state index in [9.17, 15) is 4.39 Å². The first-order chi connectivity index (χ1) is 9.56. The van der Waals surface area contributed by atoms with Crippen LogP contribution < -0.4 is 0 Å². The molecule has 1 unspecified atom stereocenters. The van der Waals surface area contributed by atoms with Crippen LogP contribution in [0.4, 0.5) is 4.39 Å². The van der Waals surface area contributed by atoms with Gasteiger partial charge in [-0.1, -0.05) is 0 Å². The first-order valence-electron chi connectivity index (χ1n) is 6.19. The van der Waals surface area contributed by atoms with E-state index in [0.29, 0.717) is 17.9 Å². The number of fused-ring (bicyclic) bond motifs is 1. The Morgan fingerprint density at radius 1 is 1.40 bits per heavy atom. The van der Waals surface area contributed by atoms with Crippen LogP contribution >= 0.6 is 11.6 Å². The van der Waals surface area contributed by atoms with Crippen molar-refractivity contribution in [1.29, 1.82) is 0 Å². The summed E-state index contributed by atoms with van der Waals surface area (Å²) in [6.45, 7) is 2.33. The average molecular weight is 294 g/mol. The van der Waals surface area contributed by atoms with Gasteiger partial charge in [-0.05, 0) is 19.1 Å². The van der Waals surface area contributed by atoms with Crippen molar-refractivity contribution in [1.82, 2.24) is 24.3 Å². The average Bonchev–Trinajstić information content (AvgIpc) is 2.95. The van der Waals surface area contributed by atoms with E-state index in [1.54, 1.807) is 12.4 Å². The third-order valence-corrected chi connectivity index (χ3v) is 3.40. The zero-order valence-electron chi connectivity index (χ0n) is 11.1. The van der Waals surface area contributed by atoms with Gasteiger partial charge in [0.25, 0.3) is 0 Å². The Hall–Kier alpha value is -1.95. The standard InChI is InChI=1S/C13H13ClFN5/c1-8(14)13-17-10-5-9(15)3-4-11(10)20(13)6-12-18-16-7-19(12)2/h3-5,7-8H,6H2,1-2H3. The zero-order valence-corrected chi connectivity index (χ0v) is 11.8. The number of benzene rings is 1. The maximum atomic E-state index is 13.3. The maximum absolute atomic E-state index is 13.3. The molecule has 0 aliphatic carbocycles. The van der Waals surface area contributed by atoms with E-state index in [1.165, 1.54) is 12.1 Å². The largest absolute Gasteiger partial charge is 0.319 e. The molecule has 0 N–H and O–H groups in total. The van der Waals surface area contributed by atoms with E-state index in [4.69, 9.17) is 11.6 Å². The zero-order chi connectivity index (χ0) is 14.3. The first-order valence-corrected chi connectivity index (χ1v) is 6.62. The number of aromatic nitrogens is 5. The molecule has 0 aliphatic heterocycles. The summed E-state index contributed by atoms with van der Waals surface area (Å²) in [7, 11) is 1.87. The van der Waals surface area contributed by atoms with E-state index in [2.05, 4.69) is 15.2 Å². The predicted octanol–water partition coefficient (Wildman–Crippen LogP) is 2.65. The van der Waals surface area contributed by atoms with Crippen molar-refractivity contribution < 1.29 is 4.39 Å². The maximum Gasteiger partial charge on any atom is 0.152 e. The number of imidazole rings is 1. The van der Waals surface area contributed by atoms with Crippen LogP contribution in [0.5, 0.6) is 0 Å². The third-order valence-electron chi connectivity index (χ3n) is 3.20. The summed E-state index contributed by atoms with van der Waals surface area (Å²) in [4.78, 5) is 4.42. The molecule has 0 amide bonds. The Labute approximate surface area is 120 Å². The van der Waals surface area contributed by atoms with Crippen molar-refractivity contribution in [2.24, 2.45) is 7.05 Å². The van der Waals surface area contributed by atoms with Crippen molar-refractivity contribution >= 4 is 22.6 Å². The van der Waals surface area contributed by atoms with E-state index in [0.717, 1.165) is 11.3 Å². The van der Waals surface area contributed by atoms with Gasteiger partial charge in [-0.2, -0.15) is 0 Å². The number of halogens is 2. The van der Waals surface area contributed by atoms with Crippen LogP contribution in [0.15, 0.2) is 24.5 Å². The van der Waals surface area contributed by atoms with Gasteiger partial charge in [-0.3, -0.25) is 0 Å². The lowest BCUT2D eigenvalue weighted by Crippen LogP contribution is -2.09. The van der Waals surface area contributed by atoms with Gasteiger partial charge >= 0.3 is 0 Å². The van der Waals surface area contributed by atoms with Crippen molar-refractivity contribution in [2.45, 2.75) is 18.8 Å². The van der Waals surface area contributed by atoms with Crippen molar-refractivity contribution in [3.63, 3.8) is 0 Å². The van der Waals surface area contributed by atoms with Crippen molar-refractivity contribution in [3.8, 4) is 0 Å². The van der Waals surface area contributed by atoms with E-state index in [-0.39, 0.29) is 11.2 Å². The van der Waals surface area contributed by atoms with Crippen molar-refractivity contribution in [3.05, 3.63) is 42.0 Å². The lowest BCUT2D eigenvalue weighted by atomic mass is 10.3. The Balaban J connectivity index is 2.16. The summed E-state index contributed by atoms with van der Waals surface area (Å²) in [6, 6.07) is 4.53. The molecule has 0 spiro atoms. The normalized spacial score (nSPS) is 13.0. The molecule has 0 fully saturated rings. The lowest BCUT2D eigenvalue weighted by molar-refractivity contribution is 0.629. The van der Waals surface area contributed by atoms with E-state index < -0.39 is 0 Å². The van der Waals surface area contributed by atoms with E-state index >= 15 is 0 Å². The SMILES string of the molecule is CC(Cl)c1nc2cc(F)ccc2n1Cc1nncn1C. The molecular formula is C13H13ClFN5. The van der Waals surface area contributed by atoms with Gasteiger partial charge in [-0.15, -0.1) is 21.8 Å². The fourth-order valence-corrected chi connectivity index (χ4v) is 2.35. The van der Waals surface area contributed by atoms with Crippen LogP contribution in [0.1, 0.15) is 23.9 Å². The summed E-state index contributed by atoms with van der Waals surface area (Å²) < 4.78 is 17.1. The second-order valence-electron chi connectivity index (χ2n) is 4.66. The number of hydrogen-bond acceptors (Lipinski definition) is 3. The Bertz CT molecular complexity index is 761. The van der Waals surface area contributed by atoms with Crippen LogP contribution in [0.25, 0.3) is 11.0 Å². The predicted molar refractivity (Wildman–Crippen MR) is 74.1 cm³/mol. The second-order valence-corrected chi connectivity index (χ2v) is 5.32. The lowest BCUT2D eigenvalue weighted by Gasteiger charge is -2.09. The van der Waals surface area contributed by atoms with Gasteiger partial charge in [0.05, 0.1) is 23.0 Å². The molecule has 3 aromatic rings. The smallest absolute Gasteiger partial charge is 0.152 e. The molecule has 0 aliphatic rings. The van der Waals surface area contributed by atoms with Gasteiger partial charge in [0.2, 0.25) is 0 Å². The summed E-state index contributed by atoms with van der Waals surface area (Å²) in [5.41, 5.74) is 1.42. The molecule has 5 nitrogen and oxygen atoms in total. The highest BCUT2D eigenvalue weighted by Gasteiger charge is 2.17. The quantitative estimate of drug-likeness (QED) is 0.698. The number of rotatable bonds is 3. The van der Waals surface area contributed by atoms with Gasteiger partial charge in [0, 0.05) is 13.1 Å².